The van der Waals surface area contributed by atoms with Crippen LogP contribution in [0.15, 0.2) is 22.7 Å². The minimum atomic E-state index is 0.279. The molecule has 0 unspecified atom stereocenters. The highest BCUT2D eigenvalue weighted by molar-refractivity contribution is 9.10. The van der Waals surface area contributed by atoms with Gasteiger partial charge in [-0.3, -0.25) is 0 Å². The summed E-state index contributed by atoms with van der Waals surface area (Å²) in [5.74, 6) is 0. The Balaban J connectivity index is 2.09. The number of thiocarbonyl (C=S) groups is 1. The number of hydrogen-bond acceptors (Lipinski definition) is 3. The maximum Gasteiger partial charge on any atom is 0.104 e. The first-order chi connectivity index (χ1) is 9.44. The Morgan fingerprint density at radius 2 is 2.05 bits per heavy atom. The second-order valence-electron chi connectivity index (χ2n) is 5.74. The lowest BCUT2D eigenvalue weighted by molar-refractivity contribution is 0.172. The lowest BCUT2D eigenvalue weighted by Gasteiger charge is -2.37. The monoisotopic (exact) mass is 355 g/mol. The van der Waals surface area contributed by atoms with Crippen LogP contribution in [-0.4, -0.2) is 36.1 Å². The predicted molar refractivity (Wildman–Crippen MR) is 93.4 cm³/mol. The predicted octanol–water partition coefficient (Wildman–Crippen LogP) is 3.37. The summed E-state index contributed by atoms with van der Waals surface area (Å²) in [6.07, 6.45) is 5.16. The van der Waals surface area contributed by atoms with Gasteiger partial charge in [0, 0.05) is 27.8 Å². The molecule has 0 atom stereocenters. The summed E-state index contributed by atoms with van der Waals surface area (Å²) >= 11 is 8.59. The van der Waals surface area contributed by atoms with Gasteiger partial charge in [-0.05, 0) is 61.1 Å². The van der Waals surface area contributed by atoms with Gasteiger partial charge in [0.1, 0.15) is 4.99 Å². The number of likely N-dealkylation sites (N-methyl/N-ethyl adjacent to an activating group) is 1. The van der Waals surface area contributed by atoms with E-state index in [1.807, 2.05) is 18.2 Å². The molecule has 0 aliphatic heterocycles. The third-order valence-corrected chi connectivity index (χ3v) is 5.24. The third-order valence-electron chi connectivity index (χ3n) is 4.34. The number of benzene rings is 1. The largest absolute Gasteiger partial charge is 0.389 e. The third kappa shape index (κ3) is 3.32. The van der Waals surface area contributed by atoms with Crippen molar-refractivity contribution in [3.8, 4) is 0 Å². The summed E-state index contributed by atoms with van der Waals surface area (Å²) in [5.41, 5.74) is 7.91. The Morgan fingerprint density at radius 1 is 1.40 bits per heavy atom. The zero-order chi connectivity index (χ0) is 14.8. The second-order valence-corrected chi connectivity index (χ2v) is 7.03. The second kappa shape index (κ2) is 6.41. The van der Waals surface area contributed by atoms with E-state index in [-0.39, 0.29) is 5.54 Å². The molecule has 110 valence electrons. The van der Waals surface area contributed by atoms with E-state index in [1.165, 1.54) is 25.7 Å². The fourth-order valence-electron chi connectivity index (χ4n) is 2.89. The maximum atomic E-state index is 5.65. The van der Waals surface area contributed by atoms with Crippen LogP contribution in [0.5, 0.6) is 0 Å². The number of hydrogen-bond donors (Lipinski definition) is 2. The number of halogens is 1. The molecule has 1 aromatic carbocycles. The molecule has 1 aliphatic rings. The molecular weight excluding hydrogens is 334 g/mol. The van der Waals surface area contributed by atoms with Crippen LogP contribution in [-0.2, 0) is 0 Å². The maximum absolute atomic E-state index is 5.65. The number of rotatable bonds is 5. The Labute approximate surface area is 135 Å². The summed E-state index contributed by atoms with van der Waals surface area (Å²) < 4.78 is 1.01. The molecule has 2 rings (SSSR count). The summed E-state index contributed by atoms with van der Waals surface area (Å²) in [6.45, 7) is 0.963. The molecule has 1 fully saturated rings. The lowest BCUT2D eigenvalue weighted by atomic mass is 9.96. The van der Waals surface area contributed by atoms with E-state index in [2.05, 4.69) is 40.2 Å². The smallest absolute Gasteiger partial charge is 0.104 e. The molecule has 0 radical (unpaired) electrons. The number of nitrogens with zero attached hydrogens (tertiary/aromatic N) is 1. The molecule has 20 heavy (non-hydrogen) atoms. The summed E-state index contributed by atoms with van der Waals surface area (Å²) in [5, 5.41) is 3.57. The Morgan fingerprint density at radius 3 is 2.55 bits per heavy atom. The SMILES string of the molecule is CN(C)C1(CNc2ccc(C(N)=S)cc2Br)CCCC1. The molecule has 0 bridgehead atoms. The van der Waals surface area contributed by atoms with Gasteiger partial charge in [-0.25, -0.2) is 0 Å². The van der Waals surface area contributed by atoms with E-state index >= 15 is 0 Å². The topological polar surface area (TPSA) is 41.3 Å². The number of nitrogens with one attached hydrogen (secondary N) is 1. The quantitative estimate of drug-likeness (QED) is 0.794. The molecule has 0 heterocycles. The summed E-state index contributed by atoms with van der Waals surface area (Å²) in [4.78, 5) is 2.79. The standard InChI is InChI=1S/C15H22BrN3S/c1-19(2)15(7-3-4-8-15)10-18-13-6-5-11(14(17)20)9-12(13)16/h5-6,9,18H,3-4,7-8,10H2,1-2H3,(H2,17,20). The van der Waals surface area contributed by atoms with E-state index in [1.54, 1.807) is 0 Å². The van der Waals surface area contributed by atoms with Crippen LogP contribution in [0.3, 0.4) is 0 Å². The highest BCUT2D eigenvalue weighted by atomic mass is 79.9. The molecule has 0 amide bonds. The highest BCUT2D eigenvalue weighted by Crippen LogP contribution is 2.34. The normalized spacial score (nSPS) is 17.4. The molecular formula is C15H22BrN3S. The van der Waals surface area contributed by atoms with E-state index in [0.717, 1.165) is 22.3 Å². The van der Waals surface area contributed by atoms with Crippen LogP contribution >= 0.6 is 28.1 Å². The molecule has 5 heteroatoms. The van der Waals surface area contributed by atoms with Gasteiger partial charge < -0.3 is 16.0 Å². The first-order valence-corrected chi connectivity index (χ1v) is 8.15. The van der Waals surface area contributed by atoms with Gasteiger partial charge in [-0.15, -0.1) is 0 Å². The van der Waals surface area contributed by atoms with Crippen molar-refractivity contribution in [1.82, 2.24) is 4.90 Å². The van der Waals surface area contributed by atoms with Crippen LogP contribution in [0.25, 0.3) is 0 Å². The fraction of sp³-hybridized carbons (Fsp3) is 0.533. The van der Waals surface area contributed by atoms with Crippen LogP contribution in [0.4, 0.5) is 5.69 Å². The average Bonchev–Trinajstić information content (AvgIpc) is 2.87. The minimum absolute atomic E-state index is 0.279. The molecule has 1 aliphatic carbocycles. The molecule has 0 saturated heterocycles. The molecule has 3 N–H and O–H groups in total. The zero-order valence-electron chi connectivity index (χ0n) is 12.1. The zero-order valence-corrected chi connectivity index (χ0v) is 14.5. The minimum Gasteiger partial charge on any atom is -0.389 e. The van der Waals surface area contributed by atoms with E-state index in [0.29, 0.717) is 4.99 Å². The van der Waals surface area contributed by atoms with Crippen molar-refractivity contribution in [3.63, 3.8) is 0 Å². The van der Waals surface area contributed by atoms with Crippen molar-refractivity contribution in [1.29, 1.82) is 0 Å². The van der Waals surface area contributed by atoms with Gasteiger partial charge in [0.2, 0.25) is 0 Å². The summed E-state index contributed by atoms with van der Waals surface area (Å²) in [7, 11) is 4.36. The first kappa shape index (κ1) is 15.7. The molecule has 1 aromatic rings. The molecule has 1 saturated carbocycles. The first-order valence-electron chi connectivity index (χ1n) is 6.95. The van der Waals surface area contributed by atoms with Gasteiger partial charge in [-0.1, -0.05) is 25.1 Å². The summed E-state index contributed by atoms with van der Waals surface area (Å²) in [6, 6.07) is 5.98. The Kier molecular flexibility index (Phi) is 5.04. The number of nitrogens with two attached hydrogens (primary N) is 1. The van der Waals surface area contributed by atoms with Gasteiger partial charge in [0.25, 0.3) is 0 Å². The van der Waals surface area contributed by atoms with Crippen molar-refractivity contribution < 1.29 is 0 Å². The highest BCUT2D eigenvalue weighted by Gasteiger charge is 2.35. The van der Waals surface area contributed by atoms with Gasteiger partial charge in [0.05, 0.1) is 0 Å². The van der Waals surface area contributed by atoms with Crippen molar-refractivity contribution >= 4 is 38.8 Å². The van der Waals surface area contributed by atoms with Crippen molar-refractivity contribution in [3.05, 3.63) is 28.2 Å². The van der Waals surface area contributed by atoms with Crippen LogP contribution in [0.1, 0.15) is 31.2 Å². The van der Waals surface area contributed by atoms with Gasteiger partial charge in [0.15, 0.2) is 0 Å². The Bertz CT molecular complexity index is 496. The number of anilines is 1. The van der Waals surface area contributed by atoms with Crippen molar-refractivity contribution in [2.24, 2.45) is 5.73 Å². The fourth-order valence-corrected chi connectivity index (χ4v) is 3.53. The molecule has 0 spiro atoms. The molecule has 0 aromatic heterocycles. The van der Waals surface area contributed by atoms with Crippen LogP contribution in [0, 0.1) is 0 Å². The average molecular weight is 356 g/mol. The van der Waals surface area contributed by atoms with Crippen molar-refractivity contribution in [2.75, 3.05) is 26.0 Å². The lowest BCUT2D eigenvalue weighted by Crippen LogP contribution is -2.47. The van der Waals surface area contributed by atoms with Crippen molar-refractivity contribution in [2.45, 2.75) is 31.2 Å². The van der Waals surface area contributed by atoms with Gasteiger partial charge >= 0.3 is 0 Å². The van der Waals surface area contributed by atoms with Crippen LogP contribution in [0.2, 0.25) is 0 Å². The molecule has 3 nitrogen and oxygen atoms in total. The van der Waals surface area contributed by atoms with E-state index in [9.17, 15) is 0 Å². The van der Waals surface area contributed by atoms with Crippen LogP contribution < -0.4 is 11.1 Å². The Hall–Kier alpha value is -0.650. The van der Waals surface area contributed by atoms with Gasteiger partial charge in [-0.2, -0.15) is 0 Å². The van der Waals surface area contributed by atoms with E-state index in [4.69, 9.17) is 18.0 Å². The van der Waals surface area contributed by atoms with E-state index < -0.39 is 0 Å².